The second kappa shape index (κ2) is 8.81. The fourth-order valence-corrected chi connectivity index (χ4v) is 4.04. The Morgan fingerprint density at radius 1 is 1.32 bits per heavy atom. The third-order valence-corrected chi connectivity index (χ3v) is 5.51. The molecular weight excluding hydrogens is 401 g/mol. The van der Waals surface area contributed by atoms with Gasteiger partial charge in [-0.1, -0.05) is 0 Å². The van der Waals surface area contributed by atoms with Crippen molar-refractivity contribution in [3.05, 3.63) is 52.9 Å². The zero-order valence-electron chi connectivity index (χ0n) is 15.3. The van der Waals surface area contributed by atoms with Crippen molar-refractivity contribution in [3.8, 4) is 11.3 Å². The van der Waals surface area contributed by atoms with E-state index in [1.54, 1.807) is 18.2 Å². The van der Waals surface area contributed by atoms with Crippen LogP contribution in [0.25, 0.3) is 11.3 Å². The van der Waals surface area contributed by atoms with Gasteiger partial charge in [-0.3, -0.25) is 14.8 Å². The minimum atomic E-state index is -0.288. The summed E-state index contributed by atoms with van der Waals surface area (Å²) >= 11 is 1.39. The van der Waals surface area contributed by atoms with Crippen molar-refractivity contribution >= 4 is 34.8 Å². The van der Waals surface area contributed by atoms with Crippen LogP contribution in [0.4, 0.5) is 9.52 Å². The van der Waals surface area contributed by atoms with Crippen molar-refractivity contribution in [2.24, 2.45) is 0 Å². The average Bonchev–Trinajstić information content (AvgIpc) is 3.30. The molecule has 1 atom stereocenters. The van der Waals surface area contributed by atoms with E-state index in [4.69, 9.17) is 0 Å². The highest BCUT2D eigenvalue weighted by Gasteiger charge is 2.19. The molecule has 4 rings (SSSR count). The van der Waals surface area contributed by atoms with Crippen molar-refractivity contribution in [3.63, 3.8) is 0 Å². The molecule has 1 aliphatic heterocycles. The maximum Gasteiger partial charge on any atom is 0.277 e. The standard InChI is InChI=1S/C19H20FN5OS.ClH/c1-12-17(13-4-6-14(20)7-5-13)22-19(27-12)23-18(26)16-8-10-25(24-16)15-3-2-9-21-11-15;/h4-8,10,15,21H,2-3,9,11H2,1H3,(H,22,23,26);1H. The molecule has 1 aliphatic rings. The lowest BCUT2D eigenvalue weighted by Gasteiger charge is -2.22. The van der Waals surface area contributed by atoms with Gasteiger partial charge in [-0.2, -0.15) is 5.10 Å². The Morgan fingerprint density at radius 3 is 2.82 bits per heavy atom. The molecule has 28 heavy (non-hydrogen) atoms. The first kappa shape index (κ1) is 20.4. The van der Waals surface area contributed by atoms with E-state index >= 15 is 0 Å². The summed E-state index contributed by atoms with van der Waals surface area (Å²) < 4.78 is 15.0. The number of piperidine rings is 1. The van der Waals surface area contributed by atoms with Gasteiger partial charge < -0.3 is 5.32 Å². The zero-order chi connectivity index (χ0) is 18.8. The number of nitrogens with one attached hydrogen (secondary N) is 2. The van der Waals surface area contributed by atoms with E-state index in [1.807, 2.05) is 17.8 Å². The zero-order valence-corrected chi connectivity index (χ0v) is 16.9. The van der Waals surface area contributed by atoms with E-state index in [9.17, 15) is 9.18 Å². The average molecular weight is 422 g/mol. The number of carbonyl (C=O) groups is 1. The lowest BCUT2D eigenvalue weighted by atomic mass is 10.1. The van der Waals surface area contributed by atoms with Crippen molar-refractivity contribution in [1.29, 1.82) is 0 Å². The SMILES string of the molecule is Cc1sc(NC(=O)c2ccn(C3CCCNC3)n2)nc1-c1ccc(F)cc1.Cl. The first-order valence-corrected chi connectivity index (χ1v) is 9.72. The van der Waals surface area contributed by atoms with Crippen LogP contribution in [0.5, 0.6) is 0 Å². The number of carbonyl (C=O) groups excluding carboxylic acids is 1. The smallest absolute Gasteiger partial charge is 0.277 e. The lowest BCUT2D eigenvalue weighted by molar-refractivity contribution is 0.102. The van der Waals surface area contributed by atoms with Crippen molar-refractivity contribution in [2.75, 3.05) is 18.4 Å². The van der Waals surface area contributed by atoms with Crippen LogP contribution in [0, 0.1) is 12.7 Å². The van der Waals surface area contributed by atoms with Gasteiger partial charge in [0, 0.05) is 23.2 Å². The third-order valence-electron chi connectivity index (χ3n) is 4.62. The van der Waals surface area contributed by atoms with E-state index in [2.05, 4.69) is 20.7 Å². The number of nitrogens with zero attached hydrogens (tertiary/aromatic N) is 3. The quantitative estimate of drug-likeness (QED) is 0.666. The van der Waals surface area contributed by atoms with Crippen LogP contribution in [0.15, 0.2) is 36.5 Å². The molecule has 6 nitrogen and oxygen atoms in total. The summed E-state index contributed by atoms with van der Waals surface area (Å²) in [7, 11) is 0. The normalized spacial score (nSPS) is 16.4. The molecule has 2 aromatic heterocycles. The Labute approximate surface area is 172 Å². The predicted molar refractivity (Wildman–Crippen MR) is 111 cm³/mol. The van der Waals surface area contributed by atoms with Gasteiger partial charge in [-0.15, -0.1) is 23.7 Å². The van der Waals surface area contributed by atoms with Crippen LogP contribution in [0.1, 0.15) is 34.2 Å². The molecular formula is C19H21ClFN5OS. The van der Waals surface area contributed by atoms with E-state index in [0.717, 1.165) is 42.1 Å². The summed E-state index contributed by atoms with van der Waals surface area (Å²) in [5.41, 5.74) is 1.94. The Kier molecular flexibility index (Phi) is 6.43. The van der Waals surface area contributed by atoms with Crippen LogP contribution < -0.4 is 10.6 Å². The highest BCUT2D eigenvalue weighted by molar-refractivity contribution is 7.16. The number of aryl methyl sites for hydroxylation is 1. The fraction of sp³-hybridized carbons (Fsp3) is 0.316. The molecule has 1 aromatic carbocycles. The summed E-state index contributed by atoms with van der Waals surface area (Å²) in [6.07, 6.45) is 4.02. The van der Waals surface area contributed by atoms with Crippen LogP contribution >= 0.6 is 23.7 Å². The lowest BCUT2D eigenvalue weighted by Crippen LogP contribution is -2.32. The van der Waals surface area contributed by atoms with Gasteiger partial charge in [0.2, 0.25) is 0 Å². The summed E-state index contributed by atoms with van der Waals surface area (Å²) in [6.45, 7) is 3.83. The van der Waals surface area contributed by atoms with Crippen LogP contribution in [-0.4, -0.2) is 33.8 Å². The highest BCUT2D eigenvalue weighted by atomic mass is 35.5. The number of benzene rings is 1. The topological polar surface area (TPSA) is 71.8 Å². The number of hydrogen-bond donors (Lipinski definition) is 2. The van der Waals surface area contributed by atoms with Gasteiger partial charge in [-0.25, -0.2) is 9.37 Å². The molecule has 0 saturated carbocycles. The van der Waals surface area contributed by atoms with Crippen LogP contribution in [0.2, 0.25) is 0 Å². The summed E-state index contributed by atoms with van der Waals surface area (Å²) in [5.74, 6) is -0.569. The Bertz CT molecular complexity index is 950. The van der Waals surface area contributed by atoms with Gasteiger partial charge in [0.05, 0.1) is 11.7 Å². The fourth-order valence-electron chi connectivity index (χ4n) is 3.21. The number of amides is 1. The molecule has 3 heterocycles. The molecule has 1 fully saturated rings. The number of thiazole rings is 1. The molecule has 1 saturated heterocycles. The Morgan fingerprint density at radius 2 is 2.11 bits per heavy atom. The second-order valence-electron chi connectivity index (χ2n) is 6.57. The summed E-state index contributed by atoms with van der Waals surface area (Å²) in [4.78, 5) is 18.0. The first-order chi connectivity index (χ1) is 13.1. The minimum absolute atomic E-state index is 0. The highest BCUT2D eigenvalue weighted by Crippen LogP contribution is 2.30. The predicted octanol–water partition coefficient (Wildman–Crippen LogP) is 4.05. The van der Waals surface area contributed by atoms with Gasteiger partial charge in [0.25, 0.3) is 5.91 Å². The largest absolute Gasteiger partial charge is 0.315 e. The van der Waals surface area contributed by atoms with Gasteiger partial charge in [-0.05, 0) is 56.6 Å². The Hall–Kier alpha value is -2.29. The van der Waals surface area contributed by atoms with E-state index in [0.29, 0.717) is 10.8 Å². The molecule has 0 bridgehead atoms. The van der Waals surface area contributed by atoms with Crippen LogP contribution in [0.3, 0.4) is 0 Å². The number of hydrogen-bond acceptors (Lipinski definition) is 5. The first-order valence-electron chi connectivity index (χ1n) is 8.91. The van der Waals surface area contributed by atoms with Crippen molar-refractivity contribution in [2.45, 2.75) is 25.8 Å². The van der Waals surface area contributed by atoms with Crippen molar-refractivity contribution < 1.29 is 9.18 Å². The van der Waals surface area contributed by atoms with E-state index in [1.165, 1.54) is 23.5 Å². The Balaban J connectivity index is 0.00000225. The number of rotatable bonds is 4. The van der Waals surface area contributed by atoms with Gasteiger partial charge >= 0.3 is 0 Å². The van der Waals surface area contributed by atoms with E-state index in [-0.39, 0.29) is 30.2 Å². The number of anilines is 1. The monoisotopic (exact) mass is 421 g/mol. The molecule has 2 N–H and O–H groups in total. The van der Waals surface area contributed by atoms with Gasteiger partial charge in [0.1, 0.15) is 5.82 Å². The second-order valence-corrected chi connectivity index (χ2v) is 7.77. The van der Waals surface area contributed by atoms with Crippen LogP contribution in [-0.2, 0) is 0 Å². The summed E-state index contributed by atoms with van der Waals surface area (Å²) in [6, 6.07) is 8.18. The molecule has 148 valence electrons. The molecule has 1 amide bonds. The van der Waals surface area contributed by atoms with E-state index < -0.39 is 0 Å². The maximum atomic E-state index is 13.1. The third kappa shape index (κ3) is 4.40. The maximum absolute atomic E-state index is 13.1. The molecule has 0 aliphatic carbocycles. The molecule has 3 aromatic rings. The van der Waals surface area contributed by atoms with Crippen molar-refractivity contribution in [1.82, 2.24) is 20.1 Å². The molecule has 0 radical (unpaired) electrons. The number of aromatic nitrogens is 3. The number of halogens is 2. The molecule has 9 heteroatoms. The molecule has 1 unspecified atom stereocenters. The minimum Gasteiger partial charge on any atom is -0.315 e. The molecule has 0 spiro atoms. The van der Waals surface area contributed by atoms with Gasteiger partial charge in [0.15, 0.2) is 10.8 Å². The summed E-state index contributed by atoms with van der Waals surface area (Å²) in [5, 5.41) is 11.1.